The lowest BCUT2D eigenvalue weighted by Gasteiger charge is -2.09. The molecule has 2 heterocycles. The van der Waals surface area contributed by atoms with Crippen LogP contribution >= 0.6 is 11.3 Å². The van der Waals surface area contributed by atoms with Crippen LogP contribution in [0.4, 0.5) is 18.9 Å². The van der Waals surface area contributed by atoms with Crippen molar-refractivity contribution < 1.29 is 17.9 Å². The molecule has 0 saturated heterocycles. The van der Waals surface area contributed by atoms with Gasteiger partial charge in [-0.1, -0.05) is 0 Å². The van der Waals surface area contributed by atoms with Gasteiger partial charge in [0.05, 0.1) is 29.6 Å². The Morgan fingerprint density at radius 1 is 1.26 bits per heavy atom. The van der Waals surface area contributed by atoms with Gasteiger partial charge in [0, 0.05) is 11.4 Å². The van der Waals surface area contributed by atoms with Gasteiger partial charge in [0.2, 0.25) is 5.88 Å². The molecule has 0 radical (unpaired) electrons. The Kier molecular flexibility index (Phi) is 4.20. The first-order valence-electron chi connectivity index (χ1n) is 5.29. The number of thiazole rings is 1. The molecule has 2 aromatic rings. The standard InChI is InChI=1S/C11H10F3N3OS/c12-11(13,14)6-18-10-2-1-8(3-16-10)15-4-9-5-19-7-17-9/h1-3,5,7,15H,4,6H2. The Morgan fingerprint density at radius 2 is 2.11 bits per heavy atom. The molecule has 8 heteroatoms. The smallest absolute Gasteiger partial charge is 0.422 e. The van der Waals surface area contributed by atoms with E-state index in [4.69, 9.17) is 0 Å². The second kappa shape index (κ2) is 5.87. The average Bonchev–Trinajstić information content (AvgIpc) is 2.87. The van der Waals surface area contributed by atoms with E-state index in [1.807, 2.05) is 5.38 Å². The number of nitrogens with zero attached hydrogens (tertiary/aromatic N) is 2. The van der Waals surface area contributed by atoms with Gasteiger partial charge in [-0.3, -0.25) is 0 Å². The summed E-state index contributed by atoms with van der Waals surface area (Å²) < 4.78 is 40.3. The van der Waals surface area contributed by atoms with E-state index in [1.165, 1.54) is 23.6 Å². The van der Waals surface area contributed by atoms with Crippen molar-refractivity contribution in [3.63, 3.8) is 0 Å². The quantitative estimate of drug-likeness (QED) is 0.919. The maximum Gasteiger partial charge on any atom is 0.422 e. The third-order valence-electron chi connectivity index (χ3n) is 2.08. The van der Waals surface area contributed by atoms with Crippen LogP contribution < -0.4 is 10.1 Å². The summed E-state index contributed by atoms with van der Waals surface area (Å²) in [5, 5.41) is 4.95. The lowest BCUT2D eigenvalue weighted by molar-refractivity contribution is -0.154. The monoisotopic (exact) mass is 289 g/mol. The molecule has 0 aliphatic rings. The number of aromatic nitrogens is 2. The van der Waals surface area contributed by atoms with Gasteiger partial charge in [-0.15, -0.1) is 11.3 Å². The zero-order chi connectivity index (χ0) is 13.7. The Balaban J connectivity index is 1.84. The van der Waals surface area contributed by atoms with E-state index in [9.17, 15) is 13.2 Å². The highest BCUT2D eigenvalue weighted by Gasteiger charge is 2.28. The molecule has 1 N–H and O–H groups in total. The van der Waals surface area contributed by atoms with Crippen LogP contribution in [0.5, 0.6) is 5.88 Å². The van der Waals surface area contributed by atoms with Crippen molar-refractivity contribution in [3.05, 3.63) is 34.9 Å². The molecule has 0 amide bonds. The summed E-state index contributed by atoms with van der Waals surface area (Å²) in [5.74, 6) is -0.0588. The fraction of sp³-hybridized carbons (Fsp3) is 0.273. The van der Waals surface area contributed by atoms with Crippen LogP contribution in [0.15, 0.2) is 29.2 Å². The predicted molar refractivity (Wildman–Crippen MR) is 65.2 cm³/mol. The van der Waals surface area contributed by atoms with Gasteiger partial charge >= 0.3 is 6.18 Å². The summed E-state index contributed by atoms with van der Waals surface area (Å²) in [7, 11) is 0. The maximum atomic E-state index is 11.9. The molecule has 2 rings (SSSR count). The number of hydrogen-bond acceptors (Lipinski definition) is 5. The molecular weight excluding hydrogens is 279 g/mol. The maximum absolute atomic E-state index is 11.9. The summed E-state index contributed by atoms with van der Waals surface area (Å²) in [6, 6.07) is 2.99. The van der Waals surface area contributed by atoms with Crippen molar-refractivity contribution in [3.8, 4) is 5.88 Å². The summed E-state index contributed by atoms with van der Waals surface area (Å²) in [5.41, 5.74) is 3.30. The molecular formula is C11H10F3N3OS. The SMILES string of the molecule is FC(F)(F)COc1ccc(NCc2cscn2)cn1. The minimum atomic E-state index is -4.36. The topological polar surface area (TPSA) is 47.0 Å². The van der Waals surface area contributed by atoms with Crippen molar-refractivity contribution in [2.24, 2.45) is 0 Å². The normalized spacial score (nSPS) is 11.3. The van der Waals surface area contributed by atoms with Crippen LogP contribution in [-0.4, -0.2) is 22.8 Å². The molecule has 19 heavy (non-hydrogen) atoms. The van der Waals surface area contributed by atoms with Gasteiger partial charge in [-0.25, -0.2) is 9.97 Å². The van der Waals surface area contributed by atoms with Gasteiger partial charge in [-0.2, -0.15) is 13.2 Å². The predicted octanol–water partition coefficient (Wildman–Crippen LogP) is 3.09. The molecule has 0 unspecified atom stereocenters. The first kappa shape index (κ1) is 13.6. The summed E-state index contributed by atoms with van der Waals surface area (Å²) >= 11 is 1.49. The van der Waals surface area contributed by atoms with Crippen molar-refractivity contribution in [2.75, 3.05) is 11.9 Å². The van der Waals surface area contributed by atoms with E-state index in [1.54, 1.807) is 11.6 Å². The van der Waals surface area contributed by atoms with Gasteiger partial charge in [0.25, 0.3) is 0 Å². The Labute approximate surface area is 111 Å². The molecule has 0 atom stereocenters. The van der Waals surface area contributed by atoms with Gasteiger partial charge in [-0.05, 0) is 6.07 Å². The van der Waals surface area contributed by atoms with Crippen molar-refractivity contribution >= 4 is 17.0 Å². The first-order chi connectivity index (χ1) is 9.03. The minimum Gasteiger partial charge on any atom is -0.468 e. The molecule has 0 spiro atoms. The highest BCUT2D eigenvalue weighted by molar-refractivity contribution is 7.07. The van der Waals surface area contributed by atoms with Crippen molar-refractivity contribution in [1.29, 1.82) is 0 Å². The molecule has 102 valence electrons. The third kappa shape index (κ3) is 4.74. The lowest BCUT2D eigenvalue weighted by atomic mass is 10.4. The second-order valence-electron chi connectivity index (χ2n) is 3.62. The molecule has 4 nitrogen and oxygen atoms in total. The Hall–Kier alpha value is -1.83. The van der Waals surface area contributed by atoms with Crippen molar-refractivity contribution in [1.82, 2.24) is 9.97 Å². The van der Waals surface area contributed by atoms with E-state index in [2.05, 4.69) is 20.0 Å². The van der Waals surface area contributed by atoms with Gasteiger partial charge in [0.15, 0.2) is 6.61 Å². The number of ether oxygens (including phenoxy) is 1. The average molecular weight is 289 g/mol. The van der Waals surface area contributed by atoms with Gasteiger partial charge < -0.3 is 10.1 Å². The van der Waals surface area contributed by atoms with Crippen LogP contribution in [0.25, 0.3) is 0 Å². The number of rotatable bonds is 5. The molecule has 0 aliphatic heterocycles. The molecule has 0 bridgehead atoms. The largest absolute Gasteiger partial charge is 0.468 e. The van der Waals surface area contributed by atoms with E-state index in [0.29, 0.717) is 12.2 Å². The van der Waals surface area contributed by atoms with Crippen molar-refractivity contribution in [2.45, 2.75) is 12.7 Å². The van der Waals surface area contributed by atoms with E-state index in [-0.39, 0.29) is 5.88 Å². The Morgan fingerprint density at radius 3 is 2.68 bits per heavy atom. The first-order valence-corrected chi connectivity index (χ1v) is 6.24. The fourth-order valence-electron chi connectivity index (χ4n) is 1.24. The van der Waals surface area contributed by atoms with E-state index in [0.717, 1.165) is 5.69 Å². The second-order valence-corrected chi connectivity index (χ2v) is 4.34. The van der Waals surface area contributed by atoms with Crippen LogP contribution in [0.3, 0.4) is 0 Å². The Bertz CT molecular complexity index is 499. The number of hydrogen-bond donors (Lipinski definition) is 1. The van der Waals surface area contributed by atoms with Crippen LogP contribution in [0.2, 0.25) is 0 Å². The number of nitrogens with one attached hydrogen (secondary N) is 1. The van der Waals surface area contributed by atoms with Gasteiger partial charge in [0.1, 0.15) is 0 Å². The molecule has 0 fully saturated rings. The molecule has 0 aromatic carbocycles. The minimum absolute atomic E-state index is 0.0588. The fourth-order valence-corrected chi connectivity index (χ4v) is 1.80. The number of halogens is 3. The molecule has 0 aliphatic carbocycles. The summed E-state index contributed by atoms with van der Waals surface area (Å²) in [6.07, 6.45) is -2.94. The van der Waals surface area contributed by atoms with Crippen LogP contribution in [-0.2, 0) is 6.54 Å². The number of alkyl halides is 3. The zero-order valence-corrected chi connectivity index (χ0v) is 10.5. The van der Waals surface area contributed by atoms with Crippen LogP contribution in [0.1, 0.15) is 5.69 Å². The summed E-state index contributed by atoms with van der Waals surface area (Å²) in [6.45, 7) is -0.806. The number of pyridine rings is 1. The van der Waals surface area contributed by atoms with Crippen LogP contribution in [0, 0.1) is 0 Å². The zero-order valence-electron chi connectivity index (χ0n) is 9.65. The lowest BCUT2D eigenvalue weighted by Crippen LogP contribution is -2.19. The molecule has 2 aromatic heterocycles. The third-order valence-corrected chi connectivity index (χ3v) is 2.71. The number of anilines is 1. The summed E-state index contributed by atoms with van der Waals surface area (Å²) in [4.78, 5) is 7.87. The van der Waals surface area contributed by atoms with E-state index >= 15 is 0 Å². The van der Waals surface area contributed by atoms with E-state index < -0.39 is 12.8 Å². The molecule has 0 saturated carbocycles. The highest BCUT2D eigenvalue weighted by atomic mass is 32.1. The highest BCUT2D eigenvalue weighted by Crippen LogP contribution is 2.18.